The summed E-state index contributed by atoms with van der Waals surface area (Å²) in [6, 6.07) is -0.833. The van der Waals surface area contributed by atoms with Crippen LogP contribution in [0.4, 0.5) is 4.79 Å². The van der Waals surface area contributed by atoms with Crippen molar-refractivity contribution in [2.75, 3.05) is 26.7 Å². The van der Waals surface area contributed by atoms with Crippen LogP contribution in [-0.4, -0.2) is 65.8 Å². The monoisotopic (exact) mass is 284 g/mol. The number of hydrogen-bond donors (Lipinski definition) is 1. The highest BCUT2D eigenvalue weighted by Gasteiger charge is 2.37. The lowest BCUT2D eigenvalue weighted by atomic mass is 9.92. The number of carboxylic acid groups (broad SMARTS) is 1. The number of nitrogens with zero attached hydrogens (tertiary/aromatic N) is 2. The van der Waals surface area contributed by atoms with Gasteiger partial charge < -0.3 is 19.6 Å². The van der Waals surface area contributed by atoms with Crippen LogP contribution in [0.1, 0.15) is 32.6 Å². The zero-order chi connectivity index (χ0) is 14.7. The summed E-state index contributed by atoms with van der Waals surface area (Å²) in [7, 11) is 1.65. The average molecular weight is 284 g/mol. The van der Waals surface area contributed by atoms with Gasteiger partial charge in [-0.1, -0.05) is 6.92 Å². The molecule has 1 N–H and O–H groups in total. The molecule has 0 radical (unpaired) electrons. The van der Waals surface area contributed by atoms with Gasteiger partial charge in [0.25, 0.3) is 0 Å². The topological polar surface area (TPSA) is 70.1 Å². The van der Waals surface area contributed by atoms with Crippen LogP contribution in [0.25, 0.3) is 0 Å². The van der Waals surface area contributed by atoms with Gasteiger partial charge in [-0.3, -0.25) is 0 Å². The number of amides is 2. The van der Waals surface area contributed by atoms with Gasteiger partial charge in [0.2, 0.25) is 0 Å². The standard InChI is InChI=1S/C14H24N2O4/c1-10-5-7-16(12(8-10)13(17)18)14(19)15-6-3-4-11(9-15)20-2/h10-12H,3-9H2,1-2H3,(H,17,18). The molecule has 2 fully saturated rings. The Bertz CT molecular complexity index is 374. The fraction of sp³-hybridized carbons (Fsp3) is 0.857. The third-order valence-electron chi connectivity index (χ3n) is 4.38. The van der Waals surface area contributed by atoms with Crippen LogP contribution in [0.2, 0.25) is 0 Å². The van der Waals surface area contributed by atoms with E-state index in [4.69, 9.17) is 4.74 Å². The summed E-state index contributed by atoms with van der Waals surface area (Å²) >= 11 is 0. The number of urea groups is 1. The lowest BCUT2D eigenvalue weighted by Gasteiger charge is -2.41. The molecule has 2 heterocycles. The Labute approximate surface area is 119 Å². The highest BCUT2D eigenvalue weighted by atomic mass is 16.5. The smallest absolute Gasteiger partial charge is 0.326 e. The lowest BCUT2D eigenvalue weighted by Crippen LogP contribution is -2.56. The van der Waals surface area contributed by atoms with E-state index in [-0.39, 0.29) is 12.1 Å². The number of carbonyl (C=O) groups excluding carboxylic acids is 1. The van der Waals surface area contributed by atoms with Gasteiger partial charge in [-0.05, 0) is 31.6 Å². The Kier molecular flexibility index (Phi) is 4.86. The maximum atomic E-state index is 12.6. The number of methoxy groups -OCH3 is 1. The van der Waals surface area contributed by atoms with Gasteiger partial charge in [-0.2, -0.15) is 0 Å². The SMILES string of the molecule is COC1CCCN(C(=O)N2CCC(C)CC2C(=O)O)C1. The molecule has 20 heavy (non-hydrogen) atoms. The van der Waals surface area contributed by atoms with E-state index < -0.39 is 12.0 Å². The maximum absolute atomic E-state index is 12.6. The quantitative estimate of drug-likeness (QED) is 0.832. The molecule has 6 heteroatoms. The van der Waals surface area contributed by atoms with Crippen LogP contribution in [0.15, 0.2) is 0 Å². The minimum absolute atomic E-state index is 0.0692. The maximum Gasteiger partial charge on any atom is 0.326 e. The lowest BCUT2D eigenvalue weighted by molar-refractivity contribution is -0.144. The molecule has 6 nitrogen and oxygen atoms in total. The van der Waals surface area contributed by atoms with Gasteiger partial charge in [0.05, 0.1) is 6.10 Å². The van der Waals surface area contributed by atoms with Crippen molar-refractivity contribution in [2.45, 2.75) is 44.8 Å². The zero-order valence-corrected chi connectivity index (χ0v) is 12.2. The van der Waals surface area contributed by atoms with Crippen LogP contribution < -0.4 is 0 Å². The highest BCUT2D eigenvalue weighted by Crippen LogP contribution is 2.25. The van der Waals surface area contributed by atoms with E-state index in [9.17, 15) is 14.7 Å². The molecule has 0 aliphatic carbocycles. The minimum Gasteiger partial charge on any atom is -0.480 e. The zero-order valence-electron chi connectivity index (χ0n) is 12.2. The third-order valence-corrected chi connectivity index (χ3v) is 4.38. The predicted molar refractivity (Wildman–Crippen MR) is 73.5 cm³/mol. The average Bonchev–Trinajstić information content (AvgIpc) is 2.46. The molecule has 3 atom stereocenters. The number of carbonyl (C=O) groups is 2. The Hall–Kier alpha value is -1.30. The van der Waals surface area contributed by atoms with E-state index in [1.54, 1.807) is 12.0 Å². The number of ether oxygens (including phenoxy) is 1. The van der Waals surface area contributed by atoms with E-state index >= 15 is 0 Å². The molecule has 2 saturated heterocycles. The summed E-state index contributed by atoms with van der Waals surface area (Å²) in [5.41, 5.74) is 0. The van der Waals surface area contributed by atoms with Gasteiger partial charge >= 0.3 is 12.0 Å². The first-order chi connectivity index (χ1) is 9.52. The Morgan fingerprint density at radius 1 is 1.25 bits per heavy atom. The predicted octanol–water partition coefficient (Wildman–Crippen LogP) is 1.40. The van der Waals surface area contributed by atoms with Crippen molar-refractivity contribution in [3.05, 3.63) is 0 Å². The number of carboxylic acids is 1. The van der Waals surface area contributed by atoms with Crippen LogP contribution in [0, 0.1) is 5.92 Å². The largest absolute Gasteiger partial charge is 0.480 e. The molecule has 114 valence electrons. The van der Waals surface area contributed by atoms with Crippen LogP contribution in [0.5, 0.6) is 0 Å². The van der Waals surface area contributed by atoms with Crippen molar-refractivity contribution < 1.29 is 19.4 Å². The molecule has 0 aromatic rings. The van der Waals surface area contributed by atoms with E-state index in [1.807, 2.05) is 6.92 Å². The second-order valence-corrected chi connectivity index (χ2v) is 5.91. The molecular weight excluding hydrogens is 260 g/mol. The summed E-state index contributed by atoms with van der Waals surface area (Å²) in [6.45, 7) is 3.83. The van der Waals surface area contributed by atoms with Crippen molar-refractivity contribution in [3.8, 4) is 0 Å². The molecule has 2 aliphatic rings. The first kappa shape index (κ1) is 15.1. The fourth-order valence-electron chi connectivity index (χ4n) is 3.09. The van der Waals surface area contributed by atoms with E-state index in [1.165, 1.54) is 4.90 Å². The molecule has 2 amide bonds. The number of likely N-dealkylation sites (tertiary alicyclic amines) is 2. The molecule has 0 aromatic heterocycles. The molecule has 2 aliphatic heterocycles. The Morgan fingerprint density at radius 2 is 2.00 bits per heavy atom. The molecule has 0 aromatic carbocycles. The number of aliphatic carboxylic acids is 1. The highest BCUT2D eigenvalue weighted by molar-refractivity contribution is 5.83. The first-order valence-corrected chi connectivity index (χ1v) is 7.34. The second-order valence-electron chi connectivity index (χ2n) is 5.91. The van der Waals surface area contributed by atoms with Gasteiger partial charge in [0.1, 0.15) is 6.04 Å². The summed E-state index contributed by atoms with van der Waals surface area (Å²) in [6.07, 6.45) is 3.35. The van der Waals surface area contributed by atoms with Gasteiger partial charge in [-0.15, -0.1) is 0 Å². The fourth-order valence-corrected chi connectivity index (χ4v) is 3.09. The van der Waals surface area contributed by atoms with E-state index in [2.05, 4.69) is 0 Å². The van der Waals surface area contributed by atoms with E-state index in [0.29, 0.717) is 32.0 Å². The summed E-state index contributed by atoms with van der Waals surface area (Å²) < 4.78 is 5.32. The summed E-state index contributed by atoms with van der Waals surface area (Å²) in [5.74, 6) is -0.543. The minimum atomic E-state index is -0.898. The molecule has 0 bridgehead atoms. The number of rotatable bonds is 2. The van der Waals surface area contributed by atoms with Crippen LogP contribution >= 0.6 is 0 Å². The van der Waals surface area contributed by atoms with Crippen LogP contribution in [0.3, 0.4) is 0 Å². The molecule has 3 unspecified atom stereocenters. The molecule has 0 spiro atoms. The van der Waals surface area contributed by atoms with Crippen molar-refractivity contribution >= 4 is 12.0 Å². The van der Waals surface area contributed by atoms with Crippen molar-refractivity contribution in [3.63, 3.8) is 0 Å². The van der Waals surface area contributed by atoms with Crippen molar-refractivity contribution in [1.29, 1.82) is 0 Å². The third kappa shape index (κ3) is 3.23. The molecule has 0 saturated carbocycles. The Balaban J connectivity index is 2.04. The normalized spacial score (nSPS) is 31.2. The number of hydrogen-bond acceptors (Lipinski definition) is 3. The van der Waals surface area contributed by atoms with Crippen molar-refractivity contribution in [2.24, 2.45) is 5.92 Å². The van der Waals surface area contributed by atoms with Crippen LogP contribution in [-0.2, 0) is 9.53 Å². The van der Waals surface area contributed by atoms with Crippen molar-refractivity contribution in [1.82, 2.24) is 9.80 Å². The van der Waals surface area contributed by atoms with Gasteiger partial charge in [0.15, 0.2) is 0 Å². The molecular formula is C14H24N2O4. The van der Waals surface area contributed by atoms with E-state index in [0.717, 1.165) is 19.3 Å². The summed E-state index contributed by atoms with van der Waals surface area (Å²) in [4.78, 5) is 27.2. The first-order valence-electron chi connectivity index (χ1n) is 7.34. The molecule has 2 rings (SSSR count). The Morgan fingerprint density at radius 3 is 2.65 bits per heavy atom. The van der Waals surface area contributed by atoms with Gasteiger partial charge in [0, 0.05) is 26.7 Å². The van der Waals surface area contributed by atoms with Gasteiger partial charge in [-0.25, -0.2) is 9.59 Å². The summed E-state index contributed by atoms with van der Waals surface area (Å²) in [5, 5.41) is 9.33. The second kappa shape index (κ2) is 6.43. The number of piperidine rings is 2.